The van der Waals surface area contributed by atoms with Gasteiger partial charge in [-0.3, -0.25) is 9.59 Å². The molecule has 3 rings (SSSR count). The van der Waals surface area contributed by atoms with Gasteiger partial charge in [0.15, 0.2) is 13.1 Å². The predicted molar refractivity (Wildman–Crippen MR) is 113 cm³/mol. The molecule has 1 atom stereocenters. The van der Waals surface area contributed by atoms with Crippen LogP contribution in [-0.2, 0) is 9.59 Å². The van der Waals surface area contributed by atoms with Gasteiger partial charge in [0.2, 0.25) is 0 Å². The minimum Gasteiger partial charge on any atom is -0.372 e. The average molecular weight is 399 g/mol. The van der Waals surface area contributed by atoms with Crippen LogP contribution in [0.15, 0.2) is 48.5 Å². The van der Waals surface area contributed by atoms with Crippen molar-refractivity contribution in [2.45, 2.75) is 19.3 Å². The first-order valence-corrected chi connectivity index (χ1v) is 10.0. The van der Waals surface area contributed by atoms with Crippen LogP contribution in [0, 0.1) is 5.82 Å². The zero-order chi connectivity index (χ0) is 20.6. The molecule has 1 saturated heterocycles. The molecule has 1 fully saturated rings. The quantitative estimate of drug-likeness (QED) is 0.666. The van der Waals surface area contributed by atoms with Crippen molar-refractivity contribution in [1.29, 1.82) is 0 Å². The van der Waals surface area contributed by atoms with Crippen LogP contribution >= 0.6 is 0 Å². The molecule has 1 unspecified atom stereocenters. The van der Waals surface area contributed by atoms with E-state index in [9.17, 15) is 14.0 Å². The standard InChI is InChI=1S/C22H27FN4O2/c1-26(16-22(29)25-19-7-5-6-17(23)14-19)15-21(28)24-18-8-10-20(11-9-18)27-12-3-2-4-13-27/h5-11,14H,2-4,12-13,15-16H2,1H3,(H,24,28)(H,25,29)/p+1. The van der Waals surface area contributed by atoms with E-state index in [0.717, 1.165) is 23.7 Å². The summed E-state index contributed by atoms with van der Waals surface area (Å²) < 4.78 is 13.2. The van der Waals surface area contributed by atoms with Crippen molar-refractivity contribution in [3.05, 3.63) is 54.3 Å². The fraction of sp³-hybridized carbons (Fsp3) is 0.364. The molecule has 6 nitrogen and oxygen atoms in total. The second-order valence-electron chi connectivity index (χ2n) is 7.51. The Bertz CT molecular complexity index is 835. The minimum absolute atomic E-state index is 0.109. The first-order chi connectivity index (χ1) is 14.0. The maximum atomic E-state index is 13.2. The van der Waals surface area contributed by atoms with Crippen LogP contribution in [0.5, 0.6) is 0 Å². The monoisotopic (exact) mass is 399 g/mol. The lowest BCUT2D eigenvalue weighted by Crippen LogP contribution is -3.11. The van der Waals surface area contributed by atoms with Gasteiger partial charge in [0, 0.05) is 30.2 Å². The molecule has 0 radical (unpaired) electrons. The Morgan fingerprint density at radius 3 is 2.17 bits per heavy atom. The summed E-state index contributed by atoms with van der Waals surface area (Å²) in [5.74, 6) is -0.840. The summed E-state index contributed by atoms with van der Waals surface area (Å²) in [5.41, 5.74) is 2.33. The summed E-state index contributed by atoms with van der Waals surface area (Å²) in [7, 11) is 1.77. The lowest BCUT2D eigenvalue weighted by molar-refractivity contribution is -0.862. The largest absolute Gasteiger partial charge is 0.372 e. The molecule has 1 aliphatic rings. The molecular weight excluding hydrogens is 371 g/mol. The molecule has 0 saturated carbocycles. The highest BCUT2D eigenvalue weighted by molar-refractivity contribution is 5.93. The highest BCUT2D eigenvalue weighted by Gasteiger charge is 2.15. The maximum Gasteiger partial charge on any atom is 0.279 e. The van der Waals surface area contributed by atoms with Gasteiger partial charge in [-0.1, -0.05) is 6.07 Å². The van der Waals surface area contributed by atoms with E-state index in [4.69, 9.17) is 0 Å². The average Bonchev–Trinajstić information content (AvgIpc) is 2.69. The van der Waals surface area contributed by atoms with Crippen molar-refractivity contribution in [2.24, 2.45) is 0 Å². The molecule has 154 valence electrons. The highest BCUT2D eigenvalue weighted by atomic mass is 19.1. The zero-order valence-electron chi connectivity index (χ0n) is 16.7. The first-order valence-electron chi connectivity index (χ1n) is 10.0. The number of nitrogens with one attached hydrogen (secondary N) is 3. The Hall–Kier alpha value is -2.93. The number of likely N-dealkylation sites (N-methyl/N-ethyl adjacent to an activating group) is 1. The number of hydrogen-bond acceptors (Lipinski definition) is 3. The minimum atomic E-state index is -0.408. The van der Waals surface area contributed by atoms with Crippen molar-refractivity contribution in [1.82, 2.24) is 0 Å². The number of hydrogen-bond donors (Lipinski definition) is 3. The summed E-state index contributed by atoms with van der Waals surface area (Å²) >= 11 is 0. The molecule has 0 bridgehead atoms. The van der Waals surface area contributed by atoms with Gasteiger partial charge < -0.3 is 20.4 Å². The van der Waals surface area contributed by atoms with E-state index in [0.29, 0.717) is 5.69 Å². The molecule has 0 spiro atoms. The van der Waals surface area contributed by atoms with Crippen molar-refractivity contribution in [3.8, 4) is 0 Å². The normalized spacial score (nSPS) is 14.9. The molecule has 1 aliphatic heterocycles. The molecular formula is C22H28FN4O2+. The number of carbonyl (C=O) groups excluding carboxylic acids is 2. The third kappa shape index (κ3) is 6.57. The van der Waals surface area contributed by atoms with Gasteiger partial charge in [0.25, 0.3) is 11.8 Å². The van der Waals surface area contributed by atoms with Crippen molar-refractivity contribution < 1.29 is 18.9 Å². The Kier molecular flexibility index (Phi) is 7.19. The maximum absolute atomic E-state index is 13.2. The number of carbonyl (C=O) groups is 2. The van der Waals surface area contributed by atoms with E-state index in [1.807, 2.05) is 24.3 Å². The van der Waals surface area contributed by atoms with Gasteiger partial charge in [0.05, 0.1) is 7.05 Å². The van der Waals surface area contributed by atoms with E-state index in [1.54, 1.807) is 13.1 Å². The number of amides is 2. The lowest BCUT2D eigenvalue weighted by atomic mass is 10.1. The molecule has 7 heteroatoms. The molecule has 0 aliphatic carbocycles. The second-order valence-corrected chi connectivity index (χ2v) is 7.51. The van der Waals surface area contributed by atoms with Crippen LogP contribution in [0.2, 0.25) is 0 Å². The van der Waals surface area contributed by atoms with Gasteiger partial charge in [-0.2, -0.15) is 0 Å². The highest BCUT2D eigenvalue weighted by Crippen LogP contribution is 2.21. The van der Waals surface area contributed by atoms with E-state index < -0.39 is 5.82 Å². The summed E-state index contributed by atoms with van der Waals surface area (Å²) in [6.07, 6.45) is 3.74. The number of rotatable bonds is 7. The van der Waals surface area contributed by atoms with Gasteiger partial charge in [0.1, 0.15) is 5.82 Å². The van der Waals surface area contributed by atoms with Crippen molar-refractivity contribution in [2.75, 3.05) is 48.8 Å². The third-order valence-electron chi connectivity index (χ3n) is 4.91. The van der Waals surface area contributed by atoms with Crippen LogP contribution in [0.4, 0.5) is 21.5 Å². The summed E-state index contributed by atoms with van der Waals surface area (Å²) in [6, 6.07) is 13.6. The number of piperidine rings is 1. The van der Waals surface area contributed by atoms with E-state index in [-0.39, 0.29) is 24.9 Å². The number of benzene rings is 2. The lowest BCUT2D eigenvalue weighted by Gasteiger charge is -2.28. The predicted octanol–water partition coefficient (Wildman–Crippen LogP) is 1.91. The number of nitrogens with zero attached hydrogens (tertiary/aromatic N) is 1. The summed E-state index contributed by atoms with van der Waals surface area (Å²) in [5, 5.41) is 5.51. The topological polar surface area (TPSA) is 65.9 Å². The van der Waals surface area contributed by atoms with E-state index in [2.05, 4.69) is 15.5 Å². The number of halogens is 1. The Morgan fingerprint density at radius 1 is 0.931 bits per heavy atom. The van der Waals surface area contributed by atoms with Crippen molar-refractivity contribution in [3.63, 3.8) is 0 Å². The smallest absolute Gasteiger partial charge is 0.279 e. The number of quaternary nitrogens is 1. The Balaban J connectivity index is 1.44. The van der Waals surface area contributed by atoms with E-state index in [1.165, 1.54) is 43.1 Å². The molecule has 1 heterocycles. The SMILES string of the molecule is C[NH+](CC(=O)Nc1ccc(N2CCCCC2)cc1)CC(=O)Nc1cccc(F)c1. The zero-order valence-corrected chi connectivity index (χ0v) is 16.7. The van der Waals surface area contributed by atoms with Gasteiger partial charge >= 0.3 is 0 Å². The summed E-state index contributed by atoms with van der Waals surface area (Å²) in [6.45, 7) is 2.43. The summed E-state index contributed by atoms with van der Waals surface area (Å²) in [4.78, 5) is 27.4. The first kappa shape index (κ1) is 20.8. The fourth-order valence-electron chi connectivity index (χ4n) is 3.49. The van der Waals surface area contributed by atoms with Gasteiger partial charge in [-0.05, 0) is 61.7 Å². The third-order valence-corrected chi connectivity index (χ3v) is 4.91. The van der Waals surface area contributed by atoms with Crippen LogP contribution < -0.4 is 20.4 Å². The molecule has 2 amide bonds. The number of anilines is 3. The Labute approximate surface area is 170 Å². The van der Waals surface area contributed by atoms with Gasteiger partial charge in [-0.25, -0.2) is 4.39 Å². The van der Waals surface area contributed by atoms with Crippen LogP contribution in [0.1, 0.15) is 19.3 Å². The van der Waals surface area contributed by atoms with Crippen molar-refractivity contribution >= 4 is 28.9 Å². The molecule has 2 aromatic carbocycles. The second kappa shape index (κ2) is 10.0. The Morgan fingerprint density at radius 2 is 1.55 bits per heavy atom. The molecule has 29 heavy (non-hydrogen) atoms. The molecule has 3 N–H and O–H groups in total. The molecule has 2 aromatic rings. The van der Waals surface area contributed by atoms with Crippen LogP contribution in [-0.4, -0.2) is 45.0 Å². The van der Waals surface area contributed by atoms with E-state index >= 15 is 0 Å². The fourth-order valence-corrected chi connectivity index (χ4v) is 3.49. The van der Waals surface area contributed by atoms with Crippen LogP contribution in [0.25, 0.3) is 0 Å². The van der Waals surface area contributed by atoms with Crippen LogP contribution in [0.3, 0.4) is 0 Å². The van der Waals surface area contributed by atoms with Gasteiger partial charge in [-0.15, -0.1) is 0 Å². The molecule has 0 aromatic heterocycles.